The van der Waals surface area contributed by atoms with Crippen molar-refractivity contribution >= 4 is 39.1 Å². The fourth-order valence-corrected chi connectivity index (χ4v) is 3.46. The second kappa shape index (κ2) is 6.69. The third-order valence-electron chi connectivity index (χ3n) is 3.20. The molecular formula is C13H18BrN3O2S. The highest BCUT2D eigenvalue weighted by Gasteiger charge is 2.26. The molecule has 2 N–H and O–H groups in total. The van der Waals surface area contributed by atoms with Crippen LogP contribution in [0.1, 0.15) is 23.5 Å². The van der Waals surface area contributed by atoms with Gasteiger partial charge in [0.2, 0.25) is 5.91 Å². The van der Waals surface area contributed by atoms with Gasteiger partial charge in [-0.3, -0.25) is 9.59 Å². The van der Waals surface area contributed by atoms with Crippen LogP contribution in [-0.4, -0.2) is 48.4 Å². The molecule has 0 aliphatic carbocycles. The van der Waals surface area contributed by atoms with Gasteiger partial charge in [0.15, 0.2) is 0 Å². The van der Waals surface area contributed by atoms with Gasteiger partial charge >= 0.3 is 0 Å². The molecule has 0 radical (unpaired) electrons. The predicted molar refractivity (Wildman–Crippen MR) is 83.0 cm³/mol. The maximum absolute atomic E-state index is 12.3. The number of piperazine rings is 1. The fourth-order valence-electron chi connectivity index (χ4n) is 2.17. The van der Waals surface area contributed by atoms with Gasteiger partial charge in [0.25, 0.3) is 5.91 Å². The van der Waals surface area contributed by atoms with Crippen molar-refractivity contribution in [2.75, 3.05) is 19.6 Å². The van der Waals surface area contributed by atoms with Crippen LogP contribution in [0.25, 0.3) is 0 Å². The maximum atomic E-state index is 12.3. The average Bonchev–Trinajstić information content (AvgIpc) is 2.84. The first-order valence-electron chi connectivity index (χ1n) is 6.55. The van der Waals surface area contributed by atoms with Crippen molar-refractivity contribution in [3.05, 3.63) is 20.8 Å². The van der Waals surface area contributed by atoms with Gasteiger partial charge in [-0.15, -0.1) is 11.3 Å². The van der Waals surface area contributed by atoms with E-state index in [1.54, 1.807) is 17.9 Å². The first kappa shape index (κ1) is 15.5. The van der Waals surface area contributed by atoms with E-state index in [9.17, 15) is 9.59 Å². The number of thiophene rings is 1. The first-order chi connectivity index (χ1) is 9.47. The smallest absolute Gasteiger partial charge is 0.262 e. The molecule has 0 aromatic carbocycles. The van der Waals surface area contributed by atoms with E-state index in [-0.39, 0.29) is 11.8 Å². The summed E-state index contributed by atoms with van der Waals surface area (Å²) in [6.07, 6.45) is 0. The van der Waals surface area contributed by atoms with Crippen molar-refractivity contribution in [1.82, 2.24) is 15.5 Å². The van der Waals surface area contributed by atoms with Gasteiger partial charge in [-0.1, -0.05) is 0 Å². The molecule has 1 fully saturated rings. The molecule has 110 valence electrons. The fraction of sp³-hybridized carbons (Fsp3) is 0.538. The molecule has 20 heavy (non-hydrogen) atoms. The molecule has 0 spiro atoms. The Morgan fingerprint density at radius 2 is 2.30 bits per heavy atom. The minimum atomic E-state index is -0.506. The van der Waals surface area contributed by atoms with Crippen molar-refractivity contribution in [3.8, 4) is 0 Å². The number of halogens is 1. The molecule has 1 saturated heterocycles. The van der Waals surface area contributed by atoms with Crippen molar-refractivity contribution in [3.63, 3.8) is 0 Å². The lowest BCUT2D eigenvalue weighted by atomic mass is 10.2. The Hall–Kier alpha value is -0.920. The minimum absolute atomic E-state index is 0.0256. The highest BCUT2D eigenvalue weighted by Crippen LogP contribution is 2.21. The Morgan fingerprint density at radius 3 is 2.90 bits per heavy atom. The lowest BCUT2D eigenvalue weighted by molar-refractivity contribution is -0.133. The molecule has 2 unspecified atom stereocenters. The van der Waals surface area contributed by atoms with Crippen LogP contribution in [0.5, 0.6) is 0 Å². The van der Waals surface area contributed by atoms with E-state index in [1.165, 1.54) is 11.3 Å². The van der Waals surface area contributed by atoms with Crippen LogP contribution < -0.4 is 10.6 Å². The second-order valence-corrected chi connectivity index (χ2v) is 7.40. The Balaban J connectivity index is 1.92. The monoisotopic (exact) mass is 359 g/mol. The SMILES string of the molecule is CC1CN(C(=O)C(C)NC(=O)c2ccc(Br)s2)CCN1. The van der Waals surface area contributed by atoms with Crippen LogP contribution in [0.4, 0.5) is 0 Å². The van der Waals surface area contributed by atoms with E-state index < -0.39 is 6.04 Å². The zero-order valence-electron chi connectivity index (χ0n) is 11.5. The van der Waals surface area contributed by atoms with Crippen LogP contribution in [0.2, 0.25) is 0 Å². The van der Waals surface area contributed by atoms with E-state index in [4.69, 9.17) is 0 Å². The topological polar surface area (TPSA) is 61.4 Å². The summed E-state index contributed by atoms with van der Waals surface area (Å²) in [5.41, 5.74) is 0. The molecule has 2 rings (SSSR count). The number of carbonyl (C=O) groups excluding carboxylic acids is 2. The third kappa shape index (κ3) is 3.80. The molecule has 0 saturated carbocycles. The number of hydrogen-bond donors (Lipinski definition) is 2. The lowest BCUT2D eigenvalue weighted by Crippen LogP contribution is -2.55. The van der Waals surface area contributed by atoms with Gasteiger partial charge in [0.1, 0.15) is 6.04 Å². The van der Waals surface area contributed by atoms with Gasteiger partial charge in [0, 0.05) is 25.7 Å². The molecule has 2 atom stereocenters. The molecule has 2 amide bonds. The second-order valence-electron chi connectivity index (χ2n) is 4.94. The van der Waals surface area contributed by atoms with E-state index in [0.717, 1.165) is 10.3 Å². The molecule has 5 nitrogen and oxygen atoms in total. The number of rotatable bonds is 3. The third-order valence-corrected chi connectivity index (χ3v) is 4.82. The molecular weight excluding hydrogens is 342 g/mol. The Morgan fingerprint density at radius 1 is 1.55 bits per heavy atom. The summed E-state index contributed by atoms with van der Waals surface area (Å²) in [7, 11) is 0. The number of amides is 2. The molecule has 1 aliphatic heterocycles. The van der Waals surface area contributed by atoms with Crippen LogP contribution in [0.15, 0.2) is 15.9 Å². The number of nitrogens with one attached hydrogen (secondary N) is 2. The summed E-state index contributed by atoms with van der Waals surface area (Å²) in [4.78, 5) is 26.7. The van der Waals surface area contributed by atoms with Gasteiger partial charge < -0.3 is 15.5 Å². The Labute approximate surface area is 130 Å². The van der Waals surface area contributed by atoms with Gasteiger partial charge in [-0.05, 0) is 41.9 Å². The Kier molecular flexibility index (Phi) is 5.17. The highest BCUT2D eigenvalue weighted by atomic mass is 79.9. The van der Waals surface area contributed by atoms with Crippen LogP contribution in [0, 0.1) is 0 Å². The molecule has 1 aliphatic rings. The number of hydrogen-bond acceptors (Lipinski definition) is 4. The summed E-state index contributed by atoms with van der Waals surface area (Å²) >= 11 is 4.68. The summed E-state index contributed by atoms with van der Waals surface area (Å²) in [6, 6.07) is 3.36. The normalized spacial score (nSPS) is 20.6. The maximum Gasteiger partial charge on any atom is 0.262 e. The van der Waals surface area contributed by atoms with E-state index >= 15 is 0 Å². The average molecular weight is 360 g/mol. The molecule has 1 aromatic heterocycles. The van der Waals surface area contributed by atoms with Crippen molar-refractivity contribution in [1.29, 1.82) is 0 Å². The molecule has 0 bridgehead atoms. The number of nitrogens with zero attached hydrogens (tertiary/aromatic N) is 1. The van der Waals surface area contributed by atoms with Crippen molar-refractivity contribution < 1.29 is 9.59 Å². The van der Waals surface area contributed by atoms with Gasteiger partial charge in [-0.2, -0.15) is 0 Å². The highest BCUT2D eigenvalue weighted by molar-refractivity contribution is 9.11. The molecule has 7 heteroatoms. The molecule has 2 heterocycles. The summed E-state index contributed by atoms with van der Waals surface area (Å²) in [5, 5.41) is 6.05. The standard InChI is InChI=1S/C13H18BrN3O2S/c1-8-7-17(6-5-15-8)13(19)9(2)16-12(18)10-3-4-11(14)20-10/h3-4,8-9,15H,5-7H2,1-2H3,(H,16,18). The largest absolute Gasteiger partial charge is 0.340 e. The van der Waals surface area contributed by atoms with Gasteiger partial charge in [-0.25, -0.2) is 0 Å². The molecule has 1 aromatic rings. The van der Waals surface area contributed by atoms with Gasteiger partial charge in [0.05, 0.1) is 8.66 Å². The summed E-state index contributed by atoms with van der Waals surface area (Å²) in [6.45, 7) is 5.95. The van der Waals surface area contributed by atoms with Crippen LogP contribution >= 0.6 is 27.3 Å². The summed E-state index contributed by atoms with van der Waals surface area (Å²) < 4.78 is 0.901. The van der Waals surface area contributed by atoms with Crippen molar-refractivity contribution in [2.45, 2.75) is 25.9 Å². The quantitative estimate of drug-likeness (QED) is 0.858. The van der Waals surface area contributed by atoms with E-state index in [0.29, 0.717) is 24.0 Å². The Bertz CT molecular complexity index is 506. The lowest BCUT2D eigenvalue weighted by Gasteiger charge is -2.33. The summed E-state index contributed by atoms with van der Waals surface area (Å²) in [5.74, 6) is -0.230. The van der Waals surface area contributed by atoms with E-state index in [2.05, 4.69) is 26.6 Å². The first-order valence-corrected chi connectivity index (χ1v) is 8.16. The minimum Gasteiger partial charge on any atom is -0.340 e. The van der Waals surface area contributed by atoms with Crippen LogP contribution in [0.3, 0.4) is 0 Å². The van der Waals surface area contributed by atoms with Crippen LogP contribution in [-0.2, 0) is 4.79 Å². The zero-order chi connectivity index (χ0) is 14.7. The van der Waals surface area contributed by atoms with Crippen molar-refractivity contribution in [2.24, 2.45) is 0 Å². The van der Waals surface area contributed by atoms with E-state index in [1.807, 2.05) is 13.0 Å². The predicted octanol–water partition coefficient (Wildman–Crippen LogP) is 1.45. The number of carbonyl (C=O) groups is 2. The zero-order valence-corrected chi connectivity index (χ0v) is 13.9.